The van der Waals surface area contributed by atoms with Crippen LogP contribution in [0.5, 0.6) is 0 Å². The molecule has 8 aromatic carbocycles. The smallest absolute Gasteiger partial charge is 0.0736 e. The van der Waals surface area contributed by atoms with Crippen LogP contribution in [0.1, 0.15) is 22.3 Å². The first kappa shape index (κ1) is 27.2. The Morgan fingerprint density at radius 3 is 1.90 bits per heavy atom. The maximum absolute atomic E-state index is 2.60. The van der Waals surface area contributed by atoms with Crippen molar-refractivity contribution in [1.82, 2.24) is 4.57 Å². The number of hydrogen-bond acceptors (Lipinski definition) is 2. The summed E-state index contributed by atoms with van der Waals surface area (Å²) in [6, 6.07) is 61.6. The molecule has 1 aliphatic heterocycles. The molecular formula is C47H27NS2. The number of hydrogen-bond donors (Lipinski definition) is 0. The number of thiophene rings is 1. The summed E-state index contributed by atoms with van der Waals surface area (Å²) in [5.41, 5.74) is 11.5. The number of rotatable bonds is 1. The van der Waals surface area contributed by atoms with Crippen LogP contribution in [-0.4, -0.2) is 4.57 Å². The highest BCUT2D eigenvalue weighted by Crippen LogP contribution is 2.63. The summed E-state index contributed by atoms with van der Waals surface area (Å²) in [7, 11) is 0. The average Bonchev–Trinajstić information content (AvgIpc) is 3.82. The molecule has 0 bridgehead atoms. The second-order valence-corrected chi connectivity index (χ2v) is 15.7. The van der Waals surface area contributed by atoms with Crippen LogP contribution in [0.4, 0.5) is 0 Å². The molecule has 0 radical (unpaired) electrons. The molecule has 10 aromatic rings. The van der Waals surface area contributed by atoms with E-state index in [1.54, 1.807) is 0 Å². The number of benzene rings is 8. The fourth-order valence-electron chi connectivity index (χ4n) is 9.28. The van der Waals surface area contributed by atoms with E-state index in [0.717, 1.165) is 0 Å². The minimum Gasteiger partial charge on any atom is -0.307 e. The van der Waals surface area contributed by atoms with Gasteiger partial charge in [-0.1, -0.05) is 145 Å². The molecule has 0 unspecified atom stereocenters. The van der Waals surface area contributed by atoms with E-state index in [0.29, 0.717) is 0 Å². The lowest BCUT2D eigenvalue weighted by Crippen LogP contribution is -2.32. The lowest BCUT2D eigenvalue weighted by Gasteiger charge is -2.40. The van der Waals surface area contributed by atoms with Crippen molar-refractivity contribution >= 4 is 75.8 Å². The van der Waals surface area contributed by atoms with Gasteiger partial charge < -0.3 is 4.57 Å². The normalized spacial score (nSPS) is 14.1. The molecule has 0 amide bonds. The molecule has 0 fully saturated rings. The van der Waals surface area contributed by atoms with Gasteiger partial charge in [0.05, 0.1) is 16.4 Å². The Hall–Kier alpha value is -5.61. The van der Waals surface area contributed by atoms with Gasteiger partial charge >= 0.3 is 0 Å². The molecule has 0 atom stereocenters. The van der Waals surface area contributed by atoms with Crippen molar-refractivity contribution in [3.63, 3.8) is 0 Å². The summed E-state index contributed by atoms with van der Waals surface area (Å²) in [5, 5.41) is 7.75. The molecule has 3 heterocycles. The van der Waals surface area contributed by atoms with Crippen molar-refractivity contribution in [2.24, 2.45) is 0 Å². The summed E-state index contributed by atoms with van der Waals surface area (Å²) >= 11 is 3.82. The highest BCUT2D eigenvalue weighted by atomic mass is 32.2. The van der Waals surface area contributed by atoms with Gasteiger partial charge in [-0.3, -0.25) is 0 Å². The van der Waals surface area contributed by atoms with E-state index in [-0.39, 0.29) is 0 Å². The van der Waals surface area contributed by atoms with Crippen LogP contribution in [0.3, 0.4) is 0 Å². The molecule has 232 valence electrons. The largest absolute Gasteiger partial charge is 0.307 e. The fourth-order valence-corrected chi connectivity index (χ4v) is 11.7. The summed E-state index contributed by atoms with van der Waals surface area (Å²) in [6.07, 6.45) is 0. The standard InChI is InChI=1S/C47H27NS2/c1-2-12-30-28(11-1)21-23-34-35-24-25-40-46(45(35)48(44(30)34)29-22-26-42-36(27-29)33-15-5-9-19-41(33)49-42)50-43-20-10-8-18-39(43)47(40)37-16-6-3-13-31(37)32-14-4-7-17-38(32)47/h1-27H. The predicted octanol–water partition coefficient (Wildman–Crippen LogP) is 13.1. The third-order valence-corrected chi connectivity index (χ3v) is 13.6. The van der Waals surface area contributed by atoms with E-state index in [4.69, 9.17) is 0 Å². The Kier molecular flexibility index (Phi) is 5.32. The molecule has 0 saturated heterocycles. The second-order valence-electron chi connectivity index (χ2n) is 13.6. The van der Waals surface area contributed by atoms with Crippen molar-refractivity contribution in [2.45, 2.75) is 15.2 Å². The van der Waals surface area contributed by atoms with E-state index < -0.39 is 5.41 Å². The Morgan fingerprint density at radius 2 is 1.06 bits per heavy atom. The predicted molar refractivity (Wildman–Crippen MR) is 213 cm³/mol. The van der Waals surface area contributed by atoms with Crippen LogP contribution in [-0.2, 0) is 5.41 Å². The van der Waals surface area contributed by atoms with Crippen LogP contribution < -0.4 is 0 Å². The quantitative estimate of drug-likeness (QED) is 0.168. The summed E-state index contributed by atoms with van der Waals surface area (Å²) in [4.78, 5) is 2.66. The van der Waals surface area contributed by atoms with Crippen LogP contribution in [0.15, 0.2) is 174 Å². The SMILES string of the molecule is c1ccc2c(c1)Sc1c(ccc3c4ccc5ccccc5c4n(-c4ccc5sc6ccccc6c5c4)c13)C21c2ccccc2-c2ccccc21. The van der Waals surface area contributed by atoms with Crippen molar-refractivity contribution in [3.05, 3.63) is 186 Å². The van der Waals surface area contributed by atoms with Gasteiger partial charge in [-0.25, -0.2) is 0 Å². The zero-order valence-electron chi connectivity index (χ0n) is 26.9. The Labute approximate surface area is 297 Å². The van der Waals surface area contributed by atoms with Gasteiger partial charge in [-0.05, 0) is 69.1 Å². The van der Waals surface area contributed by atoms with E-state index in [1.165, 1.54) is 102 Å². The van der Waals surface area contributed by atoms with E-state index in [9.17, 15) is 0 Å². The minimum atomic E-state index is -0.421. The monoisotopic (exact) mass is 669 g/mol. The Balaban J connectivity index is 1.29. The summed E-state index contributed by atoms with van der Waals surface area (Å²) in [5.74, 6) is 0. The molecule has 0 saturated carbocycles. The number of fused-ring (bicyclic) bond motifs is 18. The molecule has 0 N–H and O–H groups in total. The zero-order chi connectivity index (χ0) is 32.6. The summed E-state index contributed by atoms with van der Waals surface area (Å²) in [6.45, 7) is 0. The molecule has 1 spiro atoms. The third kappa shape index (κ3) is 3.30. The second kappa shape index (κ2) is 9.76. The van der Waals surface area contributed by atoms with Gasteiger partial charge in [0.1, 0.15) is 0 Å². The number of nitrogens with zero attached hydrogens (tertiary/aromatic N) is 1. The first-order chi connectivity index (χ1) is 24.8. The topological polar surface area (TPSA) is 4.93 Å². The molecule has 3 heteroatoms. The lowest BCUT2D eigenvalue weighted by atomic mass is 9.67. The van der Waals surface area contributed by atoms with Crippen molar-refractivity contribution in [2.75, 3.05) is 0 Å². The Bertz CT molecular complexity index is 3040. The van der Waals surface area contributed by atoms with Gasteiger partial charge in [0.15, 0.2) is 0 Å². The highest BCUT2D eigenvalue weighted by molar-refractivity contribution is 7.99. The molecule has 50 heavy (non-hydrogen) atoms. The minimum absolute atomic E-state index is 0.421. The van der Waals surface area contributed by atoms with Crippen molar-refractivity contribution in [3.8, 4) is 16.8 Å². The zero-order valence-corrected chi connectivity index (χ0v) is 28.5. The van der Waals surface area contributed by atoms with Crippen molar-refractivity contribution < 1.29 is 0 Å². The van der Waals surface area contributed by atoms with Crippen LogP contribution >= 0.6 is 23.1 Å². The number of aromatic nitrogens is 1. The van der Waals surface area contributed by atoms with Gasteiger partial charge in [-0.2, -0.15) is 0 Å². The Morgan fingerprint density at radius 1 is 0.420 bits per heavy atom. The van der Waals surface area contributed by atoms with E-state index in [2.05, 4.69) is 168 Å². The lowest BCUT2D eigenvalue weighted by molar-refractivity contribution is 0.724. The molecular weight excluding hydrogens is 643 g/mol. The first-order valence-corrected chi connectivity index (χ1v) is 18.8. The van der Waals surface area contributed by atoms with Crippen LogP contribution in [0, 0.1) is 0 Å². The summed E-state index contributed by atoms with van der Waals surface area (Å²) < 4.78 is 5.25. The average molecular weight is 670 g/mol. The molecule has 1 aliphatic carbocycles. The molecule has 2 aromatic heterocycles. The van der Waals surface area contributed by atoms with Gasteiger partial charge in [0.2, 0.25) is 0 Å². The third-order valence-electron chi connectivity index (χ3n) is 11.2. The molecule has 12 rings (SSSR count). The van der Waals surface area contributed by atoms with Gasteiger partial charge in [0, 0.05) is 51.8 Å². The maximum Gasteiger partial charge on any atom is 0.0736 e. The van der Waals surface area contributed by atoms with E-state index >= 15 is 0 Å². The van der Waals surface area contributed by atoms with Crippen LogP contribution in [0.25, 0.3) is 69.6 Å². The molecule has 2 aliphatic rings. The molecule has 1 nitrogen and oxygen atoms in total. The fraction of sp³-hybridized carbons (Fsp3) is 0.0213. The van der Waals surface area contributed by atoms with Crippen molar-refractivity contribution in [1.29, 1.82) is 0 Å². The van der Waals surface area contributed by atoms with Gasteiger partial charge in [0.25, 0.3) is 0 Å². The van der Waals surface area contributed by atoms with E-state index in [1.807, 2.05) is 23.1 Å². The van der Waals surface area contributed by atoms with Gasteiger partial charge in [-0.15, -0.1) is 11.3 Å². The first-order valence-electron chi connectivity index (χ1n) is 17.2. The highest BCUT2D eigenvalue weighted by Gasteiger charge is 2.50. The maximum atomic E-state index is 2.60. The van der Waals surface area contributed by atoms with Crippen LogP contribution in [0.2, 0.25) is 0 Å².